The van der Waals surface area contributed by atoms with Gasteiger partial charge in [-0.2, -0.15) is 0 Å². The maximum Gasteiger partial charge on any atom is 0.0850 e. The molecular weight excluding hydrogens is 134 g/mol. The van der Waals surface area contributed by atoms with Crippen LogP contribution in [0, 0.1) is 0 Å². The highest BCUT2D eigenvalue weighted by Crippen LogP contribution is 2.10. The van der Waals surface area contributed by atoms with Gasteiger partial charge in [-0.15, -0.1) is 0 Å². The van der Waals surface area contributed by atoms with Gasteiger partial charge in [0.05, 0.1) is 11.7 Å². The number of rotatable bonds is 4. The normalized spacial score (nSPS) is 15.3. The van der Waals surface area contributed by atoms with E-state index < -0.39 is 11.7 Å². The van der Waals surface area contributed by atoms with Crippen LogP contribution in [0.2, 0.25) is 0 Å². The molecule has 0 amide bonds. The second-order valence-corrected chi connectivity index (χ2v) is 2.87. The Morgan fingerprint density at radius 2 is 2.00 bits per heavy atom. The van der Waals surface area contributed by atoms with E-state index in [0.717, 1.165) is 0 Å². The van der Waals surface area contributed by atoms with Crippen molar-refractivity contribution < 1.29 is 15.4 Å². The third-order valence-corrected chi connectivity index (χ3v) is 1.35. The van der Waals surface area contributed by atoms with Crippen molar-refractivity contribution in [2.24, 2.45) is 0 Å². The number of aliphatic hydroxyl groups excluding tert-OH is 1. The molecule has 1 atom stereocenters. The van der Waals surface area contributed by atoms with E-state index in [0.29, 0.717) is 6.42 Å². The minimum atomic E-state index is -1.09. The van der Waals surface area contributed by atoms with Gasteiger partial charge in [-0.3, -0.25) is 0 Å². The number of aliphatic hydroxyl groups is 2. The van der Waals surface area contributed by atoms with Crippen molar-refractivity contribution in [3.63, 3.8) is 0 Å². The molecule has 0 aromatic carbocycles. The van der Waals surface area contributed by atoms with E-state index in [1.165, 1.54) is 13.8 Å². The van der Waals surface area contributed by atoms with Gasteiger partial charge in [0.2, 0.25) is 0 Å². The Labute approximate surface area is 60.5 Å². The first-order chi connectivity index (χ1) is 4.48. The first-order valence-electron chi connectivity index (χ1n) is 3.26. The standard InChI is InChI=1S/C6H15NO3/c1-6(2,9)5(8)3-4-7-10/h5,7-10H,3-4H2,1-2H3. The number of hydrogen-bond acceptors (Lipinski definition) is 4. The molecule has 0 heterocycles. The SMILES string of the molecule is CC(C)(O)C(O)CCNO. The maximum absolute atomic E-state index is 9.15. The van der Waals surface area contributed by atoms with Gasteiger partial charge in [0, 0.05) is 6.54 Å². The molecule has 0 aromatic heterocycles. The zero-order valence-corrected chi connectivity index (χ0v) is 6.33. The van der Waals surface area contributed by atoms with Crippen LogP contribution >= 0.6 is 0 Å². The molecule has 4 nitrogen and oxygen atoms in total. The van der Waals surface area contributed by atoms with Crippen molar-refractivity contribution in [1.82, 2.24) is 5.48 Å². The summed E-state index contributed by atoms with van der Waals surface area (Å²) in [7, 11) is 0. The third kappa shape index (κ3) is 3.79. The van der Waals surface area contributed by atoms with Crippen molar-refractivity contribution in [3.8, 4) is 0 Å². The predicted octanol–water partition coefficient (Wildman–Crippen LogP) is -0.513. The average molecular weight is 149 g/mol. The van der Waals surface area contributed by atoms with Crippen molar-refractivity contribution in [2.45, 2.75) is 32.0 Å². The Hall–Kier alpha value is -0.160. The van der Waals surface area contributed by atoms with Crippen LogP contribution in [0.15, 0.2) is 0 Å². The molecule has 0 radical (unpaired) electrons. The molecule has 0 saturated carbocycles. The van der Waals surface area contributed by atoms with Gasteiger partial charge in [0.25, 0.3) is 0 Å². The summed E-state index contributed by atoms with van der Waals surface area (Å²) in [5.41, 5.74) is 0.813. The molecule has 0 aliphatic rings. The zero-order chi connectivity index (χ0) is 8.20. The lowest BCUT2D eigenvalue weighted by Crippen LogP contribution is -2.37. The van der Waals surface area contributed by atoms with Crippen LogP contribution in [0.1, 0.15) is 20.3 Å². The smallest absolute Gasteiger partial charge is 0.0850 e. The second kappa shape index (κ2) is 3.88. The van der Waals surface area contributed by atoms with Gasteiger partial charge in [0.1, 0.15) is 0 Å². The third-order valence-electron chi connectivity index (χ3n) is 1.35. The van der Waals surface area contributed by atoms with E-state index in [9.17, 15) is 0 Å². The van der Waals surface area contributed by atoms with Crippen molar-refractivity contribution in [2.75, 3.05) is 6.54 Å². The van der Waals surface area contributed by atoms with Crippen LogP contribution in [-0.2, 0) is 0 Å². The van der Waals surface area contributed by atoms with E-state index in [2.05, 4.69) is 0 Å². The van der Waals surface area contributed by atoms with Gasteiger partial charge in [-0.1, -0.05) is 0 Å². The van der Waals surface area contributed by atoms with Crippen LogP contribution in [0.4, 0.5) is 0 Å². The Bertz CT molecular complexity index is 89.5. The average Bonchev–Trinajstić information content (AvgIpc) is 1.80. The Balaban J connectivity index is 3.52. The fourth-order valence-electron chi connectivity index (χ4n) is 0.554. The highest BCUT2D eigenvalue weighted by Gasteiger charge is 2.23. The molecule has 0 aliphatic heterocycles. The molecule has 0 saturated heterocycles. The largest absolute Gasteiger partial charge is 0.390 e. The first-order valence-corrected chi connectivity index (χ1v) is 3.26. The quantitative estimate of drug-likeness (QED) is 0.406. The topological polar surface area (TPSA) is 72.7 Å². The van der Waals surface area contributed by atoms with Crippen molar-refractivity contribution in [3.05, 3.63) is 0 Å². The highest BCUT2D eigenvalue weighted by atomic mass is 16.5. The van der Waals surface area contributed by atoms with Gasteiger partial charge < -0.3 is 15.4 Å². The van der Waals surface area contributed by atoms with Crippen LogP contribution in [0.25, 0.3) is 0 Å². The lowest BCUT2D eigenvalue weighted by Gasteiger charge is -2.23. The van der Waals surface area contributed by atoms with E-state index in [1.807, 2.05) is 5.48 Å². The molecule has 4 N–H and O–H groups in total. The zero-order valence-electron chi connectivity index (χ0n) is 6.33. The minimum absolute atomic E-state index is 0.283. The van der Waals surface area contributed by atoms with Crippen LogP contribution in [0.5, 0.6) is 0 Å². The first kappa shape index (κ1) is 9.84. The van der Waals surface area contributed by atoms with Crippen LogP contribution < -0.4 is 5.48 Å². The summed E-state index contributed by atoms with van der Waals surface area (Å²) in [4.78, 5) is 0. The fraction of sp³-hybridized carbons (Fsp3) is 1.00. The summed E-state index contributed by atoms with van der Waals surface area (Å²) < 4.78 is 0. The van der Waals surface area contributed by atoms with Crippen molar-refractivity contribution >= 4 is 0 Å². The molecule has 0 aromatic rings. The monoisotopic (exact) mass is 149 g/mol. The number of hydroxylamine groups is 1. The molecule has 0 spiro atoms. The van der Waals surface area contributed by atoms with Crippen LogP contribution in [0.3, 0.4) is 0 Å². The van der Waals surface area contributed by atoms with Crippen molar-refractivity contribution in [1.29, 1.82) is 0 Å². The summed E-state index contributed by atoms with van der Waals surface area (Å²) in [6.45, 7) is 3.33. The molecule has 0 rings (SSSR count). The molecule has 0 bridgehead atoms. The van der Waals surface area contributed by atoms with E-state index >= 15 is 0 Å². The molecule has 62 valence electrons. The highest BCUT2D eigenvalue weighted by molar-refractivity contribution is 4.75. The summed E-state index contributed by atoms with van der Waals surface area (Å²) in [5, 5.41) is 26.4. The fourth-order valence-corrected chi connectivity index (χ4v) is 0.554. The molecule has 1 unspecified atom stereocenters. The summed E-state index contributed by atoms with van der Waals surface area (Å²) in [6, 6.07) is 0. The predicted molar refractivity (Wildman–Crippen MR) is 36.7 cm³/mol. The number of hydrogen-bond donors (Lipinski definition) is 4. The van der Waals surface area contributed by atoms with Gasteiger partial charge in [0.15, 0.2) is 0 Å². The summed E-state index contributed by atoms with van der Waals surface area (Å²) in [6.07, 6.45) is -0.466. The Morgan fingerprint density at radius 3 is 2.30 bits per heavy atom. The Kier molecular flexibility index (Phi) is 3.81. The molecule has 0 fully saturated rings. The van der Waals surface area contributed by atoms with E-state index in [1.54, 1.807) is 0 Å². The van der Waals surface area contributed by atoms with Gasteiger partial charge in [-0.25, -0.2) is 5.48 Å². The van der Waals surface area contributed by atoms with Gasteiger partial charge in [-0.05, 0) is 20.3 Å². The maximum atomic E-state index is 9.15. The minimum Gasteiger partial charge on any atom is -0.390 e. The van der Waals surface area contributed by atoms with Gasteiger partial charge >= 0.3 is 0 Å². The Morgan fingerprint density at radius 1 is 1.50 bits per heavy atom. The molecular formula is C6H15NO3. The second-order valence-electron chi connectivity index (χ2n) is 2.87. The van der Waals surface area contributed by atoms with E-state index in [4.69, 9.17) is 15.4 Å². The number of nitrogens with one attached hydrogen (secondary N) is 1. The molecule has 0 aliphatic carbocycles. The lowest BCUT2D eigenvalue weighted by molar-refractivity contribution is -0.0540. The summed E-state index contributed by atoms with van der Waals surface area (Å²) >= 11 is 0. The summed E-state index contributed by atoms with van der Waals surface area (Å²) in [5.74, 6) is 0. The van der Waals surface area contributed by atoms with E-state index in [-0.39, 0.29) is 6.54 Å². The van der Waals surface area contributed by atoms with Crippen LogP contribution in [-0.4, -0.2) is 33.7 Å². The molecule has 10 heavy (non-hydrogen) atoms. The molecule has 4 heteroatoms. The lowest BCUT2D eigenvalue weighted by atomic mass is 9.99.